The molecule has 1 rings (SSSR count). The van der Waals surface area contributed by atoms with E-state index in [-0.39, 0.29) is 5.54 Å². The molecule has 2 N–H and O–H groups in total. The Kier molecular flexibility index (Phi) is 5.21. The maximum absolute atomic E-state index is 5.68. The Balaban J connectivity index is 2.78. The van der Waals surface area contributed by atoms with Crippen molar-refractivity contribution in [3.8, 4) is 0 Å². The van der Waals surface area contributed by atoms with Crippen LogP contribution in [0.1, 0.15) is 39.7 Å². The minimum atomic E-state index is 0.105. The van der Waals surface area contributed by atoms with Gasteiger partial charge in [0.2, 0.25) is 0 Å². The molecule has 0 unspecified atom stereocenters. The standard InChI is InChI=1S/C16H28N2/c1-13(2)12-14-6-8-15(9-7-14)18(5)16(3,4)10-11-17/h6-9,13H,10-12,17H2,1-5H3. The van der Waals surface area contributed by atoms with Gasteiger partial charge in [-0.1, -0.05) is 26.0 Å². The van der Waals surface area contributed by atoms with Gasteiger partial charge in [-0.2, -0.15) is 0 Å². The van der Waals surface area contributed by atoms with E-state index >= 15 is 0 Å². The fourth-order valence-corrected chi connectivity index (χ4v) is 2.20. The molecule has 2 nitrogen and oxygen atoms in total. The molecule has 102 valence electrons. The zero-order valence-electron chi connectivity index (χ0n) is 12.5. The van der Waals surface area contributed by atoms with Gasteiger partial charge in [-0.3, -0.25) is 0 Å². The summed E-state index contributed by atoms with van der Waals surface area (Å²) >= 11 is 0. The van der Waals surface area contributed by atoms with Crippen LogP contribution in [0.5, 0.6) is 0 Å². The van der Waals surface area contributed by atoms with Crippen molar-refractivity contribution in [2.75, 3.05) is 18.5 Å². The van der Waals surface area contributed by atoms with Gasteiger partial charge in [0.25, 0.3) is 0 Å². The lowest BCUT2D eigenvalue weighted by atomic mass is 9.97. The third-order valence-corrected chi connectivity index (χ3v) is 3.63. The first-order valence-corrected chi connectivity index (χ1v) is 6.89. The Morgan fingerprint density at radius 1 is 1.17 bits per heavy atom. The second-order valence-corrected chi connectivity index (χ2v) is 6.17. The van der Waals surface area contributed by atoms with Crippen LogP contribution in [0.15, 0.2) is 24.3 Å². The van der Waals surface area contributed by atoms with E-state index in [1.165, 1.54) is 11.3 Å². The van der Waals surface area contributed by atoms with Crippen molar-refractivity contribution < 1.29 is 0 Å². The van der Waals surface area contributed by atoms with Gasteiger partial charge in [-0.25, -0.2) is 0 Å². The average Bonchev–Trinajstić information content (AvgIpc) is 2.28. The normalized spacial score (nSPS) is 11.9. The number of benzene rings is 1. The molecule has 0 amide bonds. The summed E-state index contributed by atoms with van der Waals surface area (Å²) in [6.07, 6.45) is 2.15. The van der Waals surface area contributed by atoms with Crippen LogP contribution in [0.4, 0.5) is 5.69 Å². The lowest BCUT2D eigenvalue weighted by Crippen LogP contribution is -2.42. The molecule has 0 aromatic heterocycles. The molecule has 18 heavy (non-hydrogen) atoms. The fraction of sp³-hybridized carbons (Fsp3) is 0.625. The highest BCUT2D eigenvalue weighted by Gasteiger charge is 2.22. The maximum atomic E-state index is 5.68. The van der Waals surface area contributed by atoms with Crippen LogP contribution in [0.25, 0.3) is 0 Å². The van der Waals surface area contributed by atoms with Crippen LogP contribution in [-0.4, -0.2) is 19.1 Å². The van der Waals surface area contributed by atoms with Crippen LogP contribution in [-0.2, 0) is 6.42 Å². The van der Waals surface area contributed by atoms with Crippen LogP contribution in [0.3, 0.4) is 0 Å². The number of anilines is 1. The van der Waals surface area contributed by atoms with Crippen LogP contribution in [0, 0.1) is 5.92 Å². The second kappa shape index (κ2) is 6.24. The molecule has 0 atom stereocenters. The van der Waals surface area contributed by atoms with Crippen molar-refractivity contribution in [1.82, 2.24) is 0 Å². The summed E-state index contributed by atoms with van der Waals surface area (Å²) in [4.78, 5) is 2.32. The molecule has 1 aromatic carbocycles. The summed E-state index contributed by atoms with van der Waals surface area (Å²) in [5.74, 6) is 0.710. The van der Waals surface area contributed by atoms with Crippen molar-refractivity contribution in [1.29, 1.82) is 0 Å². The second-order valence-electron chi connectivity index (χ2n) is 6.17. The summed E-state index contributed by atoms with van der Waals surface area (Å²) in [7, 11) is 2.15. The van der Waals surface area contributed by atoms with Crippen LogP contribution >= 0.6 is 0 Å². The number of nitrogens with two attached hydrogens (primary N) is 1. The number of hydrogen-bond acceptors (Lipinski definition) is 2. The monoisotopic (exact) mass is 248 g/mol. The number of rotatable bonds is 6. The Morgan fingerprint density at radius 3 is 2.17 bits per heavy atom. The van der Waals surface area contributed by atoms with Gasteiger partial charge < -0.3 is 10.6 Å². The predicted octanol–water partition coefficient (Wildman–Crippen LogP) is 3.45. The van der Waals surface area contributed by atoms with Crippen molar-refractivity contribution in [2.45, 2.75) is 46.1 Å². The topological polar surface area (TPSA) is 29.3 Å². The van der Waals surface area contributed by atoms with Crippen molar-refractivity contribution in [3.05, 3.63) is 29.8 Å². The molecule has 0 saturated carbocycles. The van der Waals surface area contributed by atoms with Gasteiger partial charge in [-0.15, -0.1) is 0 Å². The lowest BCUT2D eigenvalue weighted by Gasteiger charge is -2.37. The molecule has 1 aromatic rings. The van der Waals surface area contributed by atoms with E-state index in [1.807, 2.05) is 0 Å². The SMILES string of the molecule is CC(C)Cc1ccc(N(C)C(C)(C)CCN)cc1. The summed E-state index contributed by atoms with van der Waals surface area (Å²) in [6, 6.07) is 8.92. The van der Waals surface area contributed by atoms with E-state index in [0.717, 1.165) is 19.4 Å². The third-order valence-electron chi connectivity index (χ3n) is 3.63. The van der Waals surface area contributed by atoms with Crippen molar-refractivity contribution in [3.63, 3.8) is 0 Å². The minimum absolute atomic E-state index is 0.105. The molecular formula is C16H28N2. The summed E-state index contributed by atoms with van der Waals surface area (Å²) in [5.41, 5.74) is 8.47. The summed E-state index contributed by atoms with van der Waals surface area (Å²) in [5, 5.41) is 0. The minimum Gasteiger partial charge on any atom is -0.369 e. The summed E-state index contributed by atoms with van der Waals surface area (Å²) in [6.45, 7) is 9.71. The Bertz CT molecular complexity index is 352. The van der Waals surface area contributed by atoms with Gasteiger partial charge in [0, 0.05) is 18.3 Å². The molecule has 0 fully saturated rings. The molecule has 0 aliphatic rings. The van der Waals surface area contributed by atoms with Crippen LogP contribution in [0.2, 0.25) is 0 Å². The van der Waals surface area contributed by atoms with Gasteiger partial charge in [0.05, 0.1) is 0 Å². The molecule has 0 saturated heterocycles. The lowest BCUT2D eigenvalue weighted by molar-refractivity contribution is 0.456. The van der Waals surface area contributed by atoms with Gasteiger partial charge >= 0.3 is 0 Å². The first-order chi connectivity index (χ1) is 8.36. The average molecular weight is 248 g/mol. The largest absolute Gasteiger partial charge is 0.369 e. The molecule has 2 heteroatoms. The quantitative estimate of drug-likeness (QED) is 0.835. The summed E-state index contributed by atoms with van der Waals surface area (Å²) < 4.78 is 0. The third kappa shape index (κ3) is 4.02. The Morgan fingerprint density at radius 2 is 1.72 bits per heavy atom. The Labute approximate surface area is 112 Å². The molecule has 0 bridgehead atoms. The highest BCUT2D eigenvalue weighted by Crippen LogP contribution is 2.25. The highest BCUT2D eigenvalue weighted by atomic mass is 15.2. The van der Waals surface area contributed by atoms with Gasteiger partial charge in [0.15, 0.2) is 0 Å². The van der Waals surface area contributed by atoms with Crippen molar-refractivity contribution >= 4 is 5.69 Å². The van der Waals surface area contributed by atoms with Gasteiger partial charge in [-0.05, 0) is 56.8 Å². The molecule has 0 aliphatic heterocycles. The maximum Gasteiger partial charge on any atom is 0.0368 e. The first-order valence-electron chi connectivity index (χ1n) is 6.89. The van der Waals surface area contributed by atoms with Crippen molar-refractivity contribution in [2.24, 2.45) is 11.7 Å². The molecule has 0 spiro atoms. The van der Waals surface area contributed by atoms with E-state index in [9.17, 15) is 0 Å². The van der Waals surface area contributed by atoms with E-state index < -0.39 is 0 Å². The van der Waals surface area contributed by atoms with E-state index in [0.29, 0.717) is 5.92 Å². The number of hydrogen-bond donors (Lipinski definition) is 1. The molecule has 0 aliphatic carbocycles. The molecule has 0 heterocycles. The first kappa shape index (κ1) is 15.0. The number of nitrogens with zero attached hydrogens (tertiary/aromatic N) is 1. The van der Waals surface area contributed by atoms with E-state index in [4.69, 9.17) is 5.73 Å². The highest BCUT2D eigenvalue weighted by molar-refractivity contribution is 5.49. The van der Waals surface area contributed by atoms with Gasteiger partial charge in [0.1, 0.15) is 0 Å². The predicted molar refractivity (Wildman–Crippen MR) is 81.1 cm³/mol. The zero-order chi connectivity index (χ0) is 13.8. The Hall–Kier alpha value is -1.02. The smallest absolute Gasteiger partial charge is 0.0368 e. The van der Waals surface area contributed by atoms with Crippen LogP contribution < -0.4 is 10.6 Å². The van der Waals surface area contributed by atoms with E-state index in [2.05, 4.69) is 63.9 Å². The zero-order valence-corrected chi connectivity index (χ0v) is 12.5. The fourth-order valence-electron chi connectivity index (χ4n) is 2.20. The van der Waals surface area contributed by atoms with E-state index in [1.54, 1.807) is 0 Å². The molecule has 0 radical (unpaired) electrons. The molecular weight excluding hydrogens is 220 g/mol.